The van der Waals surface area contributed by atoms with Crippen molar-refractivity contribution in [2.24, 2.45) is 11.3 Å². The van der Waals surface area contributed by atoms with Gasteiger partial charge in [-0.1, -0.05) is 30.7 Å². The molecular formula is C37H52ClN3O9. The molecule has 2 saturated heterocycles. The minimum atomic E-state index is -0.663. The molecule has 2 N–H and O–H groups in total. The number of ether oxygens (including phenoxy) is 6. The lowest BCUT2D eigenvalue weighted by Crippen LogP contribution is -2.48. The van der Waals surface area contributed by atoms with Crippen LogP contribution in [0.1, 0.15) is 74.5 Å². The van der Waals surface area contributed by atoms with Crippen molar-refractivity contribution in [1.82, 2.24) is 15.5 Å². The number of carbonyl (C=O) groups is 3. The Hall–Kier alpha value is -3.58. The van der Waals surface area contributed by atoms with Gasteiger partial charge in [-0.25, -0.2) is 9.59 Å². The van der Waals surface area contributed by atoms with Crippen LogP contribution in [0.3, 0.4) is 0 Å². The molecule has 276 valence electrons. The Kier molecular flexibility index (Phi) is 14.2. The van der Waals surface area contributed by atoms with Gasteiger partial charge in [0.2, 0.25) is 0 Å². The zero-order valence-electron chi connectivity index (χ0n) is 30.1. The third-order valence-electron chi connectivity index (χ3n) is 8.56. The molecular weight excluding hydrogens is 666 g/mol. The highest BCUT2D eigenvalue weighted by molar-refractivity contribution is 6.30. The van der Waals surface area contributed by atoms with Gasteiger partial charge in [0.25, 0.3) is 5.91 Å². The largest absolute Gasteiger partial charge is 0.493 e. The molecule has 13 heteroatoms. The number of nitrogens with zero attached hydrogens (tertiary/aromatic N) is 1. The summed E-state index contributed by atoms with van der Waals surface area (Å²) in [6.07, 6.45) is 0.915. The van der Waals surface area contributed by atoms with Crippen molar-refractivity contribution in [2.45, 2.75) is 64.7 Å². The van der Waals surface area contributed by atoms with Gasteiger partial charge in [-0.2, -0.15) is 0 Å². The van der Waals surface area contributed by atoms with Gasteiger partial charge < -0.3 is 44.0 Å². The molecule has 0 bridgehead atoms. The highest BCUT2D eigenvalue weighted by Gasteiger charge is 2.35. The first-order chi connectivity index (χ1) is 23.7. The fraction of sp³-hybridized carbons (Fsp3) is 0.595. The molecule has 2 fully saturated rings. The van der Waals surface area contributed by atoms with Gasteiger partial charge >= 0.3 is 12.2 Å². The summed E-state index contributed by atoms with van der Waals surface area (Å²) in [6, 6.07) is 12.3. The van der Waals surface area contributed by atoms with Crippen LogP contribution < -0.4 is 15.4 Å². The van der Waals surface area contributed by atoms with Crippen molar-refractivity contribution in [2.75, 3.05) is 66.9 Å². The summed E-state index contributed by atoms with van der Waals surface area (Å²) in [4.78, 5) is 40.3. The third kappa shape index (κ3) is 12.0. The van der Waals surface area contributed by atoms with Crippen molar-refractivity contribution >= 4 is 29.7 Å². The second-order valence-electron chi connectivity index (χ2n) is 14.4. The molecule has 3 amide bonds. The highest BCUT2D eigenvalue weighted by atomic mass is 35.5. The number of likely N-dealkylation sites (N-methyl/N-ethyl adjacent to an activating group) is 1. The highest BCUT2D eigenvalue weighted by Crippen LogP contribution is 2.33. The van der Waals surface area contributed by atoms with Gasteiger partial charge in [0, 0.05) is 49.4 Å². The van der Waals surface area contributed by atoms with E-state index in [-0.39, 0.29) is 43.0 Å². The summed E-state index contributed by atoms with van der Waals surface area (Å²) >= 11 is 6.38. The fourth-order valence-corrected chi connectivity index (χ4v) is 5.99. The van der Waals surface area contributed by atoms with E-state index in [1.165, 1.54) is 7.11 Å². The number of carbonyl (C=O) groups excluding carboxylic acids is 3. The third-order valence-corrected chi connectivity index (χ3v) is 8.80. The normalized spacial score (nSPS) is 18.2. The van der Waals surface area contributed by atoms with Gasteiger partial charge in [-0.15, -0.1) is 0 Å². The first-order valence-corrected chi connectivity index (χ1v) is 17.5. The molecule has 2 heterocycles. The monoisotopic (exact) mass is 717 g/mol. The standard InChI is InChI=1S/C37H52ClN3O9/c1-36(2,3)50-35(44)41(5)30(15-25-9-8-13-46-21-25)20-40-33(42)28-16-27(18-31(19-28)49-24-37(4)22-47-23-37)32(26-10-7-11-29(38)17-26)48-14-12-39-34(43)45-6/h7,10-11,16-19,25,30,32H,8-9,12-15,20-24H2,1-6H3,(H,39,43)(H,40,42). The van der Waals surface area contributed by atoms with E-state index < -0.39 is 23.9 Å². The Morgan fingerprint density at radius 3 is 2.50 bits per heavy atom. The van der Waals surface area contributed by atoms with Gasteiger partial charge in [0.1, 0.15) is 17.5 Å². The summed E-state index contributed by atoms with van der Waals surface area (Å²) in [7, 11) is 3.00. The Bertz CT molecular complexity index is 1440. The number of amides is 3. The summed E-state index contributed by atoms with van der Waals surface area (Å²) in [6.45, 7) is 11.0. The van der Waals surface area contributed by atoms with Gasteiger partial charge in [0.05, 0.1) is 39.6 Å². The van der Waals surface area contributed by atoms with E-state index in [0.29, 0.717) is 54.7 Å². The Labute approximate surface area is 300 Å². The van der Waals surface area contributed by atoms with Crippen LogP contribution in [0.15, 0.2) is 42.5 Å². The lowest BCUT2D eigenvalue weighted by molar-refractivity contribution is -0.120. The summed E-state index contributed by atoms with van der Waals surface area (Å²) < 4.78 is 34.0. The second kappa shape index (κ2) is 18.1. The molecule has 3 unspecified atom stereocenters. The van der Waals surface area contributed by atoms with Crippen LogP contribution in [-0.2, 0) is 23.7 Å². The average molecular weight is 718 g/mol. The van der Waals surface area contributed by atoms with Crippen molar-refractivity contribution < 1.29 is 42.8 Å². The van der Waals surface area contributed by atoms with E-state index in [2.05, 4.69) is 22.3 Å². The van der Waals surface area contributed by atoms with Crippen molar-refractivity contribution in [1.29, 1.82) is 0 Å². The molecule has 2 aliphatic heterocycles. The van der Waals surface area contributed by atoms with Crippen molar-refractivity contribution in [3.05, 3.63) is 64.2 Å². The molecule has 0 saturated carbocycles. The van der Waals surface area contributed by atoms with E-state index in [1.54, 1.807) is 36.2 Å². The molecule has 50 heavy (non-hydrogen) atoms. The number of methoxy groups -OCH3 is 1. The van der Waals surface area contributed by atoms with Crippen LogP contribution >= 0.6 is 11.6 Å². The maximum absolute atomic E-state index is 13.9. The van der Waals surface area contributed by atoms with Crippen molar-refractivity contribution in [3.63, 3.8) is 0 Å². The van der Waals surface area contributed by atoms with Crippen LogP contribution in [0.4, 0.5) is 9.59 Å². The van der Waals surface area contributed by atoms with Gasteiger partial charge in [-0.05, 0) is 87.4 Å². The zero-order valence-corrected chi connectivity index (χ0v) is 30.8. The predicted molar refractivity (Wildman–Crippen MR) is 189 cm³/mol. The molecule has 0 spiro atoms. The Morgan fingerprint density at radius 1 is 1.08 bits per heavy atom. The Morgan fingerprint density at radius 2 is 1.86 bits per heavy atom. The number of rotatable bonds is 15. The first kappa shape index (κ1) is 39.2. The number of halogens is 1. The zero-order chi connectivity index (χ0) is 36.3. The fourth-order valence-electron chi connectivity index (χ4n) is 5.79. The number of benzene rings is 2. The number of alkyl carbamates (subject to hydrolysis) is 1. The molecule has 3 atom stereocenters. The van der Waals surface area contributed by atoms with Crippen LogP contribution in [0, 0.1) is 11.3 Å². The minimum absolute atomic E-state index is 0.136. The quantitative estimate of drug-likeness (QED) is 0.213. The molecule has 2 aromatic carbocycles. The van der Waals surface area contributed by atoms with Crippen LogP contribution in [0.25, 0.3) is 0 Å². The summed E-state index contributed by atoms with van der Waals surface area (Å²) in [5.41, 5.74) is 0.972. The lowest BCUT2D eigenvalue weighted by Gasteiger charge is -2.37. The topological polar surface area (TPSA) is 134 Å². The second-order valence-corrected chi connectivity index (χ2v) is 14.8. The molecule has 0 radical (unpaired) electrons. The summed E-state index contributed by atoms with van der Waals surface area (Å²) in [5, 5.41) is 6.21. The van der Waals surface area contributed by atoms with Crippen LogP contribution in [0.2, 0.25) is 5.02 Å². The molecule has 4 rings (SSSR count). The van der Waals surface area contributed by atoms with Crippen molar-refractivity contribution in [3.8, 4) is 5.75 Å². The van der Waals surface area contributed by atoms with Crippen LogP contribution in [0.5, 0.6) is 5.75 Å². The number of hydrogen-bond donors (Lipinski definition) is 2. The number of hydrogen-bond acceptors (Lipinski definition) is 9. The van der Waals surface area contributed by atoms with Crippen LogP contribution in [-0.4, -0.2) is 102 Å². The molecule has 0 aromatic heterocycles. The van der Waals surface area contributed by atoms with E-state index in [4.69, 9.17) is 35.3 Å². The smallest absolute Gasteiger partial charge is 0.410 e. The van der Waals surface area contributed by atoms with Gasteiger partial charge in [0.15, 0.2) is 0 Å². The van der Waals surface area contributed by atoms with E-state index in [1.807, 2.05) is 39.0 Å². The lowest BCUT2D eigenvalue weighted by atomic mass is 9.90. The van der Waals surface area contributed by atoms with E-state index >= 15 is 0 Å². The maximum atomic E-state index is 13.9. The molecule has 2 aromatic rings. The predicted octanol–water partition coefficient (Wildman–Crippen LogP) is 6.00. The SMILES string of the molecule is COC(=O)NCCOC(c1cccc(Cl)c1)c1cc(OCC2(C)COC2)cc(C(=O)NCC(CC2CCCOC2)N(C)C(=O)OC(C)(C)C)c1. The Balaban J connectivity index is 1.60. The minimum Gasteiger partial charge on any atom is -0.493 e. The molecule has 12 nitrogen and oxygen atoms in total. The van der Waals surface area contributed by atoms with Gasteiger partial charge in [-0.3, -0.25) is 4.79 Å². The maximum Gasteiger partial charge on any atom is 0.410 e. The van der Waals surface area contributed by atoms with E-state index in [0.717, 1.165) is 25.0 Å². The summed E-state index contributed by atoms with van der Waals surface area (Å²) in [5.74, 6) is 0.403. The number of nitrogens with one attached hydrogen (secondary N) is 2. The molecule has 2 aliphatic rings. The average Bonchev–Trinajstić information content (AvgIpc) is 3.07. The first-order valence-electron chi connectivity index (χ1n) is 17.1. The van der Waals surface area contributed by atoms with E-state index in [9.17, 15) is 14.4 Å². The molecule has 0 aliphatic carbocycles.